The van der Waals surface area contributed by atoms with Crippen molar-refractivity contribution in [3.8, 4) is 11.5 Å². The van der Waals surface area contributed by atoms with Crippen LogP contribution in [0.3, 0.4) is 0 Å². The molecule has 1 aromatic carbocycles. The first kappa shape index (κ1) is 15.3. The zero-order valence-corrected chi connectivity index (χ0v) is 10.9. The summed E-state index contributed by atoms with van der Waals surface area (Å²) in [6.07, 6.45) is -4.09. The maximum absolute atomic E-state index is 12.5. The van der Waals surface area contributed by atoms with E-state index in [-0.39, 0.29) is 0 Å². The molecule has 2 N–H and O–H groups in total. The summed E-state index contributed by atoms with van der Waals surface area (Å²) in [5, 5.41) is 11.1. The topological polar surface area (TPSA) is 67.8 Å². The number of nitrogens with one attached hydrogen (secondary N) is 1. The highest BCUT2D eigenvalue weighted by atomic mass is 19.4. The van der Waals surface area contributed by atoms with Gasteiger partial charge in [-0.3, -0.25) is 4.79 Å². The minimum atomic E-state index is -4.80. The number of ether oxygens (including phenoxy) is 2. The molecule has 1 atom stereocenters. The number of carbonyl (C=O) groups is 1. The van der Waals surface area contributed by atoms with Gasteiger partial charge in [-0.25, -0.2) is 0 Å². The first-order chi connectivity index (χ1) is 9.88. The van der Waals surface area contributed by atoms with E-state index in [0.29, 0.717) is 36.8 Å². The van der Waals surface area contributed by atoms with Gasteiger partial charge in [0.2, 0.25) is 0 Å². The van der Waals surface area contributed by atoms with E-state index >= 15 is 0 Å². The molecule has 0 radical (unpaired) electrons. The largest absolute Gasteiger partial charge is 0.490 e. The van der Waals surface area contributed by atoms with Crippen molar-refractivity contribution in [1.29, 1.82) is 0 Å². The van der Waals surface area contributed by atoms with Gasteiger partial charge in [0, 0.05) is 24.7 Å². The van der Waals surface area contributed by atoms with Gasteiger partial charge < -0.3 is 19.9 Å². The molecule has 0 spiro atoms. The fourth-order valence-corrected chi connectivity index (χ4v) is 1.84. The van der Waals surface area contributed by atoms with Crippen LogP contribution in [0.4, 0.5) is 18.9 Å². The maximum atomic E-state index is 12.5. The van der Waals surface area contributed by atoms with Crippen molar-refractivity contribution >= 4 is 11.7 Å². The molecule has 8 heteroatoms. The molecular weight excluding hydrogens is 291 g/mol. The smallest absolute Gasteiger partial charge is 0.403 e. The third kappa shape index (κ3) is 3.93. The summed E-state index contributed by atoms with van der Waals surface area (Å²) in [5.74, 6) is -3.43. The molecule has 0 amide bonds. The predicted octanol–water partition coefficient (Wildman–Crippen LogP) is 2.52. The molecule has 0 saturated carbocycles. The van der Waals surface area contributed by atoms with Crippen molar-refractivity contribution in [3.05, 3.63) is 18.2 Å². The SMILES string of the molecule is O=C(O)C(CNc1ccc2c(c1)OCCCO2)C(F)(F)F. The minimum Gasteiger partial charge on any atom is -0.490 e. The van der Waals surface area contributed by atoms with E-state index in [1.807, 2.05) is 0 Å². The number of fused-ring (bicyclic) bond motifs is 1. The monoisotopic (exact) mass is 305 g/mol. The third-order valence-corrected chi connectivity index (χ3v) is 2.95. The molecule has 5 nitrogen and oxygen atoms in total. The molecule has 0 fully saturated rings. The van der Waals surface area contributed by atoms with Gasteiger partial charge in [0.15, 0.2) is 17.4 Å². The standard InChI is InChI=1S/C13H14F3NO4/c14-13(15,16)9(12(18)19)7-17-8-2-3-10-11(6-8)21-5-1-4-20-10/h2-3,6,9,17H,1,4-5,7H2,(H,18,19). The van der Waals surface area contributed by atoms with Crippen molar-refractivity contribution < 1.29 is 32.5 Å². The molecule has 0 bridgehead atoms. The number of hydrogen-bond acceptors (Lipinski definition) is 4. The second-order valence-electron chi connectivity index (χ2n) is 4.53. The number of aliphatic carboxylic acids is 1. The Hall–Kier alpha value is -2.12. The molecule has 116 valence electrons. The Bertz CT molecular complexity index is 519. The van der Waals surface area contributed by atoms with Crippen LogP contribution in [-0.4, -0.2) is 37.0 Å². The van der Waals surface area contributed by atoms with Gasteiger partial charge in [-0.15, -0.1) is 0 Å². The van der Waals surface area contributed by atoms with E-state index < -0.39 is 24.6 Å². The van der Waals surface area contributed by atoms with Crippen LogP contribution in [0, 0.1) is 5.92 Å². The van der Waals surface area contributed by atoms with Crippen LogP contribution < -0.4 is 14.8 Å². The third-order valence-electron chi connectivity index (χ3n) is 2.95. The molecule has 2 rings (SSSR count). The molecule has 0 aliphatic carbocycles. The first-order valence-electron chi connectivity index (χ1n) is 6.31. The van der Waals surface area contributed by atoms with Crippen LogP contribution in [0.5, 0.6) is 11.5 Å². The van der Waals surface area contributed by atoms with E-state index in [0.717, 1.165) is 0 Å². The number of hydrogen-bond donors (Lipinski definition) is 2. The van der Waals surface area contributed by atoms with Gasteiger partial charge in [-0.2, -0.15) is 13.2 Å². The number of alkyl halides is 3. The van der Waals surface area contributed by atoms with Crippen LogP contribution >= 0.6 is 0 Å². The normalized spacial score (nSPS) is 16.0. The second-order valence-corrected chi connectivity index (χ2v) is 4.53. The summed E-state index contributed by atoms with van der Waals surface area (Å²) < 4.78 is 48.4. The molecule has 0 aromatic heterocycles. The molecule has 21 heavy (non-hydrogen) atoms. The quantitative estimate of drug-likeness (QED) is 0.894. The Morgan fingerprint density at radius 3 is 2.57 bits per heavy atom. The van der Waals surface area contributed by atoms with Gasteiger partial charge in [0.1, 0.15) is 0 Å². The lowest BCUT2D eigenvalue weighted by molar-refractivity contribution is -0.190. The van der Waals surface area contributed by atoms with Crippen molar-refractivity contribution in [2.75, 3.05) is 25.1 Å². The van der Waals surface area contributed by atoms with Gasteiger partial charge in [-0.05, 0) is 12.1 Å². The molecule has 1 aliphatic heterocycles. The highest BCUT2D eigenvalue weighted by molar-refractivity contribution is 5.72. The average Bonchev–Trinajstić information content (AvgIpc) is 2.61. The zero-order chi connectivity index (χ0) is 15.5. The van der Waals surface area contributed by atoms with Crippen LogP contribution in [0.15, 0.2) is 18.2 Å². The lowest BCUT2D eigenvalue weighted by Gasteiger charge is -2.17. The molecule has 1 aromatic rings. The van der Waals surface area contributed by atoms with Crippen molar-refractivity contribution in [2.24, 2.45) is 5.92 Å². The fraction of sp³-hybridized carbons (Fsp3) is 0.462. The average molecular weight is 305 g/mol. The van der Waals surface area contributed by atoms with Crippen molar-refractivity contribution in [1.82, 2.24) is 0 Å². The van der Waals surface area contributed by atoms with E-state index in [4.69, 9.17) is 14.6 Å². The number of halogens is 3. The van der Waals surface area contributed by atoms with E-state index in [1.54, 1.807) is 6.07 Å². The van der Waals surface area contributed by atoms with Crippen LogP contribution in [0.1, 0.15) is 6.42 Å². The number of rotatable bonds is 4. The van der Waals surface area contributed by atoms with Gasteiger partial charge in [0.05, 0.1) is 13.2 Å². The maximum Gasteiger partial charge on any atom is 0.403 e. The molecule has 1 unspecified atom stereocenters. The van der Waals surface area contributed by atoms with Crippen LogP contribution in [0.25, 0.3) is 0 Å². The summed E-state index contributed by atoms with van der Waals surface area (Å²) in [5.41, 5.74) is 0.342. The Kier molecular flexibility index (Phi) is 4.44. The highest BCUT2D eigenvalue weighted by Crippen LogP contribution is 2.33. The Labute approximate surface area is 118 Å². The van der Waals surface area contributed by atoms with Gasteiger partial charge >= 0.3 is 12.1 Å². The van der Waals surface area contributed by atoms with E-state index in [2.05, 4.69) is 5.32 Å². The summed E-state index contributed by atoms with van der Waals surface area (Å²) in [6.45, 7) is 0.212. The fourth-order valence-electron chi connectivity index (χ4n) is 1.84. The number of carboxylic acids is 1. The van der Waals surface area contributed by atoms with Gasteiger partial charge in [0.25, 0.3) is 0 Å². The van der Waals surface area contributed by atoms with E-state index in [9.17, 15) is 18.0 Å². The zero-order valence-electron chi connectivity index (χ0n) is 10.9. The molecule has 1 heterocycles. The Morgan fingerprint density at radius 1 is 1.29 bits per heavy atom. The van der Waals surface area contributed by atoms with Crippen LogP contribution in [-0.2, 0) is 4.79 Å². The molecular formula is C13H14F3NO4. The summed E-state index contributed by atoms with van der Waals surface area (Å²) in [6, 6.07) is 4.59. The summed E-state index contributed by atoms with van der Waals surface area (Å²) in [7, 11) is 0. The Morgan fingerprint density at radius 2 is 1.95 bits per heavy atom. The lowest BCUT2D eigenvalue weighted by atomic mass is 10.1. The second kappa shape index (κ2) is 6.11. The Balaban J connectivity index is 2.06. The van der Waals surface area contributed by atoms with Crippen molar-refractivity contribution in [3.63, 3.8) is 0 Å². The minimum absolute atomic E-state index is 0.342. The van der Waals surface area contributed by atoms with Crippen LogP contribution in [0.2, 0.25) is 0 Å². The summed E-state index contributed by atoms with van der Waals surface area (Å²) in [4.78, 5) is 10.6. The first-order valence-corrected chi connectivity index (χ1v) is 6.31. The van der Waals surface area contributed by atoms with Gasteiger partial charge in [-0.1, -0.05) is 0 Å². The van der Waals surface area contributed by atoms with E-state index in [1.165, 1.54) is 12.1 Å². The predicted molar refractivity (Wildman–Crippen MR) is 67.7 cm³/mol. The summed E-state index contributed by atoms with van der Waals surface area (Å²) >= 11 is 0. The van der Waals surface area contributed by atoms with Crippen molar-refractivity contribution in [2.45, 2.75) is 12.6 Å². The molecule has 0 saturated heterocycles. The number of anilines is 1. The highest BCUT2D eigenvalue weighted by Gasteiger charge is 2.44. The number of carboxylic acid groups (broad SMARTS) is 1. The number of benzene rings is 1. The lowest BCUT2D eigenvalue weighted by Crippen LogP contribution is -2.36. The molecule has 1 aliphatic rings.